The summed E-state index contributed by atoms with van der Waals surface area (Å²) >= 11 is 0. The summed E-state index contributed by atoms with van der Waals surface area (Å²) in [5, 5.41) is 11.6. The number of hydrogen-bond acceptors (Lipinski definition) is 4. The molecule has 0 saturated carbocycles. The Morgan fingerprint density at radius 3 is 2.44 bits per heavy atom. The molecule has 0 saturated heterocycles. The van der Waals surface area contributed by atoms with Crippen molar-refractivity contribution in [2.24, 2.45) is 0 Å². The number of methoxy groups -OCH3 is 2. The smallest absolute Gasteiger partial charge is 0.411 e. The molecule has 98 valence electrons. The zero-order chi connectivity index (χ0) is 13.7. The van der Waals surface area contributed by atoms with Crippen LogP contribution in [0.5, 0.6) is 5.75 Å². The van der Waals surface area contributed by atoms with Gasteiger partial charge in [0.1, 0.15) is 5.75 Å². The van der Waals surface area contributed by atoms with E-state index in [1.807, 2.05) is 6.92 Å². The number of rotatable bonds is 4. The van der Waals surface area contributed by atoms with Gasteiger partial charge in [-0.2, -0.15) is 0 Å². The number of aryl methyl sites for hydroxylation is 1. The lowest BCUT2D eigenvalue weighted by molar-refractivity contribution is 0.0697. The van der Waals surface area contributed by atoms with Gasteiger partial charge >= 0.3 is 12.1 Å². The average molecular weight is 253 g/mol. The summed E-state index contributed by atoms with van der Waals surface area (Å²) in [5.41, 5.74) is 0.780. The van der Waals surface area contributed by atoms with E-state index >= 15 is 0 Å². The summed E-state index contributed by atoms with van der Waals surface area (Å²) in [6.45, 7) is 1.82. The Morgan fingerprint density at radius 1 is 1.33 bits per heavy atom. The van der Waals surface area contributed by atoms with E-state index in [0.717, 1.165) is 0 Å². The zero-order valence-electron chi connectivity index (χ0n) is 10.4. The molecule has 1 rings (SSSR count). The summed E-state index contributed by atoms with van der Waals surface area (Å²) in [6.07, 6.45) is -0.220. The number of benzene rings is 1. The number of carbonyl (C=O) groups is 2. The molecule has 0 unspecified atom stereocenters. The van der Waals surface area contributed by atoms with Crippen molar-refractivity contribution in [1.29, 1.82) is 0 Å². The van der Waals surface area contributed by atoms with Crippen LogP contribution in [0, 0.1) is 0 Å². The van der Waals surface area contributed by atoms with E-state index in [9.17, 15) is 14.7 Å². The van der Waals surface area contributed by atoms with Crippen molar-refractivity contribution in [3.8, 4) is 5.75 Å². The molecule has 6 nitrogen and oxygen atoms in total. The highest BCUT2D eigenvalue weighted by atomic mass is 16.5. The first-order valence-corrected chi connectivity index (χ1v) is 5.32. The number of aromatic carboxylic acids is 1. The van der Waals surface area contributed by atoms with Gasteiger partial charge in [0.2, 0.25) is 0 Å². The van der Waals surface area contributed by atoms with Crippen molar-refractivity contribution in [1.82, 2.24) is 0 Å². The van der Waals surface area contributed by atoms with Gasteiger partial charge in [-0.1, -0.05) is 6.92 Å². The number of amides is 1. The number of nitrogens with one attached hydrogen (secondary N) is 1. The molecule has 0 atom stereocenters. The van der Waals surface area contributed by atoms with Gasteiger partial charge < -0.3 is 14.6 Å². The Balaban J connectivity index is 3.34. The highest BCUT2D eigenvalue weighted by molar-refractivity contribution is 6.00. The first-order chi connectivity index (χ1) is 8.53. The van der Waals surface area contributed by atoms with E-state index in [-0.39, 0.29) is 11.3 Å². The number of carboxylic acids is 1. The third-order valence-electron chi connectivity index (χ3n) is 2.45. The molecule has 0 spiro atoms. The minimum atomic E-state index is -1.11. The first kappa shape index (κ1) is 13.8. The maximum atomic E-state index is 11.2. The van der Waals surface area contributed by atoms with E-state index in [0.29, 0.717) is 17.7 Å². The van der Waals surface area contributed by atoms with Crippen LogP contribution in [0.25, 0.3) is 0 Å². The van der Waals surface area contributed by atoms with Crippen molar-refractivity contribution >= 4 is 17.7 Å². The topological polar surface area (TPSA) is 84.9 Å². The first-order valence-electron chi connectivity index (χ1n) is 5.32. The summed E-state index contributed by atoms with van der Waals surface area (Å²) in [5.74, 6) is -0.635. The van der Waals surface area contributed by atoms with Gasteiger partial charge in [0.05, 0.1) is 25.5 Å². The van der Waals surface area contributed by atoms with E-state index in [1.54, 1.807) is 6.07 Å². The van der Waals surface area contributed by atoms with Crippen LogP contribution >= 0.6 is 0 Å². The quantitative estimate of drug-likeness (QED) is 0.858. The van der Waals surface area contributed by atoms with Gasteiger partial charge in [0, 0.05) is 6.07 Å². The maximum Gasteiger partial charge on any atom is 0.411 e. The summed E-state index contributed by atoms with van der Waals surface area (Å²) in [6, 6.07) is 3.07. The van der Waals surface area contributed by atoms with Crippen LogP contribution in [-0.2, 0) is 11.2 Å². The predicted molar refractivity (Wildman–Crippen MR) is 65.4 cm³/mol. The molecule has 0 aromatic heterocycles. The summed E-state index contributed by atoms with van der Waals surface area (Å²) in [7, 11) is 2.67. The fourth-order valence-corrected chi connectivity index (χ4v) is 1.58. The van der Waals surface area contributed by atoms with Gasteiger partial charge in [-0.15, -0.1) is 0 Å². The fraction of sp³-hybridized carbons (Fsp3) is 0.333. The molecule has 1 aromatic rings. The molecule has 0 heterocycles. The zero-order valence-corrected chi connectivity index (χ0v) is 10.4. The number of anilines is 1. The molecule has 0 bridgehead atoms. The molecule has 0 aliphatic heterocycles. The van der Waals surface area contributed by atoms with Gasteiger partial charge in [-0.3, -0.25) is 5.32 Å². The normalized spacial score (nSPS) is 9.72. The monoisotopic (exact) mass is 253 g/mol. The molecular weight excluding hydrogens is 238 g/mol. The maximum absolute atomic E-state index is 11.2. The van der Waals surface area contributed by atoms with Crippen LogP contribution in [0.1, 0.15) is 22.8 Å². The lowest BCUT2D eigenvalue weighted by atomic mass is 10.0. The second kappa shape index (κ2) is 5.90. The van der Waals surface area contributed by atoms with Crippen LogP contribution in [0.15, 0.2) is 12.1 Å². The van der Waals surface area contributed by atoms with Crippen LogP contribution in [0.2, 0.25) is 0 Å². The number of carbonyl (C=O) groups excluding carboxylic acids is 1. The molecule has 0 aliphatic rings. The third-order valence-corrected chi connectivity index (χ3v) is 2.45. The Kier molecular flexibility index (Phi) is 4.53. The minimum Gasteiger partial charge on any atom is -0.497 e. The van der Waals surface area contributed by atoms with Crippen molar-refractivity contribution < 1.29 is 24.2 Å². The van der Waals surface area contributed by atoms with Crippen LogP contribution < -0.4 is 10.1 Å². The van der Waals surface area contributed by atoms with Crippen molar-refractivity contribution in [2.75, 3.05) is 19.5 Å². The van der Waals surface area contributed by atoms with Crippen LogP contribution in [0.3, 0.4) is 0 Å². The molecule has 6 heteroatoms. The van der Waals surface area contributed by atoms with Crippen LogP contribution in [-0.4, -0.2) is 31.4 Å². The lowest BCUT2D eigenvalue weighted by Gasteiger charge is -2.13. The molecular formula is C12H15NO5. The third kappa shape index (κ3) is 2.91. The van der Waals surface area contributed by atoms with Crippen LogP contribution in [0.4, 0.5) is 10.5 Å². The highest BCUT2D eigenvalue weighted by Crippen LogP contribution is 2.27. The molecule has 0 radical (unpaired) electrons. The minimum absolute atomic E-state index is 0.0451. The van der Waals surface area contributed by atoms with Gasteiger partial charge in [0.25, 0.3) is 0 Å². The van der Waals surface area contributed by atoms with Gasteiger partial charge in [0.15, 0.2) is 0 Å². The van der Waals surface area contributed by atoms with Crippen molar-refractivity contribution in [3.63, 3.8) is 0 Å². The predicted octanol–water partition coefficient (Wildman–Crippen LogP) is 2.13. The lowest BCUT2D eigenvalue weighted by Crippen LogP contribution is -2.15. The summed E-state index contributed by atoms with van der Waals surface area (Å²) in [4.78, 5) is 22.4. The Morgan fingerprint density at radius 2 is 2.00 bits per heavy atom. The van der Waals surface area contributed by atoms with Crippen molar-refractivity contribution in [2.45, 2.75) is 13.3 Å². The van der Waals surface area contributed by atoms with E-state index < -0.39 is 12.1 Å². The van der Waals surface area contributed by atoms with E-state index in [4.69, 9.17) is 4.74 Å². The Labute approximate surface area is 105 Å². The number of carboxylic acid groups (broad SMARTS) is 1. The van der Waals surface area contributed by atoms with Gasteiger partial charge in [-0.25, -0.2) is 9.59 Å². The van der Waals surface area contributed by atoms with Gasteiger partial charge in [-0.05, 0) is 18.1 Å². The molecule has 18 heavy (non-hydrogen) atoms. The Hall–Kier alpha value is -2.24. The second-order valence-electron chi connectivity index (χ2n) is 3.48. The average Bonchev–Trinajstić information content (AvgIpc) is 2.36. The van der Waals surface area contributed by atoms with E-state index in [1.165, 1.54) is 20.3 Å². The SMILES string of the molecule is CCc1cc(OC)cc(NC(=O)OC)c1C(=O)O. The molecule has 1 amide bonds. The molecule has 0 aliphatic carbocycles. The standard InChI is InChI=1S/C12H15NO5/c1-4-7-5-8(17-2)6-9(10(7)11(14)15)13-12(16)18-3/h5-6H,4H2,1-3H3,(H,13,16)(H,14,15). The largest absolute Gasteiger partial charge is 0.497 e. The molecule has 2 N–H and O–H groups in total. The number of hydrogen-bond donors (Lipinski definition) is 2. The highest BCUT2D eigenvalue weighted by Gasteiger charge is 2.18. The number of ether oxygens (including phenoxy) is 2. The summed E-state index contributed by atoms with van der Waals surface area (Å²) < 4.78 is 9.51. The molecule has 0 fully saturated rings. The second-order valence-corrected chi connectivity index (χ2v) is 3.48. The molecule has 1 aromatic carbocycles. The fourth-order valence-electron chi connectivity index (χ4n) is 1.58. The van der Waals surface area contributed by atoms with E-state index in [2.05, 4.69) is 10.1 Å². The van der Waals surface area contributed by atoms with Crippen molar-refractivity contribution in [3.05, 3.63) is 23.3 Å². The Bertz CT molecular complexity index is 470.